The third-order valence-corrected chi connectivity index (χ3v) is 4.02. The quantitative estimate of drug-likeness (QED) is 0.716. The highest BCUT2D eigenvalue weighted by Gasteiger charge is 2.21. The van der Waals surface area contributed by atoms with Crippen molar-refractivity contribution in [3.63, 3.8) is 0 Å². The van der Waals surface area contributed by atoms with Gasteiger partial charge in [0.1, 0.15) is 11.1 Å². The Labute approximate surface area is 125 Å². The van der Waals surface area contributed by atoms with E-state index in [0.29, 0.717) is 21.7 Å². The van der Waals surface area contributed by atoms with Crippen LogP contribution in [0.15, 0.2) is 22.6 Å². The van der Waals surface area contributed by atoms with Crippen molar-refractivity contribution in [1.82, 2.24) is 15.3 Å². The van der Waals surface area contributed by atoms with E-state index in [-0.39, 0.29) is 5.95 Å². The standard InChI is InChI=1S/C14H14ClN5O/c15-8-2-1-3-9-10(8)11-12(21-9)13(19-14(16)18-11)20-6-4-17-5-7-20/h1-3,17H,4-7H2,(H2,16,18,19). The van der Waals surface area contributed by atoms with Gasteiger partial charge in [-0.15, -0.1) is 0 Å². The fraction of sp³-hybridized carbons (Fsp3) is 0.286. The SMILES string of the molecule is Nc1nc(N2CCNCC2)c2oc3cccc(Cl)c3c2n1. The summed E-state index contributed by atoms with van der Waals surface area (Å²) in [6.45, 7) is 3.53. The van der Waals surface area contributed by atoms with Crippen molar-refractivity contribution in [2.24, 2.45) is 0 Å². The number of benzene rings is 1. The second kappa shape index (κ2) is 4.75. The lowest BCUT2D eigenvalue weighted by Crippen LogP contribution is -2.44. The molecule has 0 amide bonds. The molecular formula is C14H14ClN5O. The summed E-state index contributed by atoms with van der Waals surface area (Å²) in [7, 11) is 0. The van der Waals surface area contributed by atoms with Crippen molar-refractivity contribution in [2.75, 3.05) is 36.8 Å². The normalized spacial score (nSPS) is 16.0. The van der Waals surface area contributed by atoms with Crippen LogP contribution < -0.4 is 16.0 Å². The molecule has 3 N–H and O–H groups in total. The molecule has 1 aliphatic heterocycles. The Morgan fingerprint density at radius 3 is 2.86 bits per heavy atom. The van der Waals surface area contributed by atoms with Crippen molar-refractivity contribution < 1.29 is 4.42 Å². The number of anilines is 2. The average molecular weight is 304 g/mol. The first-order chi connectivity index (χ1) is 10.2. The number of nitrogen functional groups attached to an aromatic ring is 1. The Hall–Kier alpha value is -2.05. The minimum Gasteiger partial charge on any atom is -0.450 e. The van der Waals surface area contributed by atoms with E-state index < -0.39 is 0 Å². The lowest BCUT2D eigenvalue weighted by atomic mass is 10.2. The molecular weight excluding hydrogens is 290 g/mol. The van der Waals surface area contributed by atoms with Crippen LogP contribution in [-0.4, -0.2) is 36.1 Å². The Bertz CT molecular complexity index is 825. The smallest absolute Gasteiger partial charge is 0.222 e. The topological polar surface area (TPSA) is 80.2 Å². The van der Waals surface area contributed by atoms with Crippen molar-refractivity contribution in [3.05, 3.63) is 23.2 Å². The summed E-state index contributed by atoms with van der Waals surface area (Å²) in [5, 5.41) is 4.71. The molecule has 0 aliphatic carbocycles. The molecule has 1 aromatic carbocycles. The molecule has 0 radical (unpaired) electrons. The summed E-state index contributed by atoms with van der Waals surface area (Å²) >= 11 is 6.28. The van der Waals surface area contributed by atoms with Crippen LogP contribution in [0.3, 0.4) is 0 Å². The van der Waals surface area contributed by atoms with E-state index in [2.05, 4.69) is 20.2 Å². The van der Waals surface area contributed by atoms with Gasteiger partial charge in [-0.05, 0) is 12.1 Å². The van der Waals surface area contributed by atoms with Gasteiger partial charge >= 0.3 is 0 Å². The predicted molar refractivity (Wildman–Crippen MR) is 83.8 cm³/mol. The first-order valence-corrected chi connectivity index (χ1v) is 7.22. The van der Waals surface area contributed by atoms with Crippen LogP contribution in [0.4, 0.5) is 11.8 Å². The number of halogens is 1. The number of nitrogens with one attached hydrogen (secondary N) is 1. The maximum Gasteiger partial charge on any atom is 0.222 e. The zero-order valence-corrected chi connectivity index (χ0v) is 12.0. The number of hydrogen-bond acceptors (Lipinski definition) is 6. The maximum absolute atomic E-state index is 6.28. The molecule has 0 unspecified atom stereocenters. The van der Waals surface area contributed by atoms with Crippen molar-refractivity contribution in [2.45, 2.75) is 0 Å². The molecule has 1 saturated heterocycles. The third-order valence-electron chi connectivity index (χ3n) is 3.71. The number of rotatable bonds is 1. The van der Waals surface area contributed by atoms with Gasteiger partial charge in [0.05, 0.1) is 10.4 Å². The minimum absolute atomic E-state index is 0.235. The van der Waals surface area contributed by atoms with E-state index in [1.54, 1.807) is 0 Å². The number of fused-ring (bicyclic) bond motifs is 3. The highest BCUT2D eigenvalue weighted by molar-refractivity contribution is 6.37. The third kappa shape index (κ3) is 1.99. The molecule has 4 rings (SSSR count). The first kappa shape index (κ1) is 12.7. The second-order valence-electron chi connectivity index (χ2n) is 5.04. The molecule has 0 atom stereocenters. The van der Waals surface area contributed by atoms with Gasteiger partial charge in [0.15, 0.2) is 11.4 Å². The van der Waals surface area contributed by atoms with E-state index in [9.17, 15) is 0 Å². The summed E-state index contributed by atoms with van der Waals surface area (Å²) in [4.78, 5) is 10.9. The lowest BCUT2D eigenvalue weighted by molar-refractivity contribution is 0.580. The molecule has 0 saturated carbocycles. The molecule has 3 heterocycles. The molecule has 0 bridgehead atoms. The van der Waals surface area contributed by atoms with Crippen molar-refractivity contribution in [3.8, 4) is 0 Å². The van der Waals surface area contributed by atoms with E-state index >= 15 is 0 Å². The summed E-state index contributed by atoms with van der Waals surface area (Å²) in [5.41, 5.74) is 7.91. The number of nitrogens with zero attached hydrogens (tertiary/aromatic N) is 3. The molecule has 0 spiro atoms. The van der Waals surface area contributed by atoms with Gasteiger partial charge in [0, 0.05) is 26.2 Å². The van der Waals surface area contributed by atoms with Gasteiger partial charge < -0.3 is 20.4 Å². The van der Waals surface area contributed by atoms with Crippen LogP contribution in [0.1, 0.15) is 0 Å². The second-order valence-corrected chi connectivity index (χ2v) is 5.44. The van der Waals surface area contributed by atoms with Gasteiger partial charge in [-0.1, -0.05) is 17.7 Å². The molecule has 6 nitrogen and oxygen atoms in total. The first-order valence-electron chi connectivity index (χ1n) is 6.84. The van der Waals surface area contributed by atoms with Gasteiger partial charge in [-0.2, -0.15) is 4.98 Å². The Kier molecular flexibility index (Phi) is 2.87. The highest BCUT2D eigenvalue weighted by Crippen LogP contribution is 2.36. The fourth-order valence-electron chi connectivity index (χ4n) is 2.74. The maximum atomic E-state index is 6.28. The van der Waals surface area contributed by atoms with Crippen LogP contribution in [0.5, 0.6) is 0 Å². The lowest BCUT2D eigenvalue weighted by Gasteiger charge is -2.28. The molecule has 21 heavy (non-hydrogen) atoms. The average Bonchev–Trinajstić information content (AvgIpc) is 2.87. The van der Waals surface area contributed by atoms with E-state index in [1.807, 2.05) is 18.2 Å². The number of hydrogen-bond donors (Lipinski definition) is 2. The van der Waals surface area contributed by atoms with Crippen LogP contribution in [0.25, 0.3) is 22.1 Å². The van der Waals surface area contributed by atoms with Crippen LogP contribution in [0, 0.1) is 0 Å². The van der Waals surface area contributed by atoms with Gasteiger partial charge in [-0.3, -0.25) is 0 Å². The largest absolute Gasteiger partial charge is 0.450 e. The van der Waals surface area contributed by atoms with E-state index in [1.165, 1.54) is 0 Å². The number of aromatic nitrogens is 2. The molecule has 2 aromatic heterocycles. The van der Waals surface area contributed by atoms with Gasteiger partial charge in [0.2, 0.25) is 5.95 Å². The van der Waals surface area contributed by atoms with Crippen LogP contribution in [-0.2, 0) is 0 Å². The Morgan fingerprint density at radius 2 is 2.05 bits per heavy atom. The Morgan fingerprint density at radius 1 is 1.24 bits per heavy atom. The summed E-state index contributed by atoms with van der Waals surface area (Å²) in [6, 6.07) is 5.55. The molecule has 1 fully saturated rings. The Balaban J connectivity index is 2.02. The molecule has 7 heteroatoms. The van der Waals surface area contributed by atoms with Crippen LogP contribution in [0.2, 0.25) is 5.02 Å². The monoisotopic (exact) mass is 303 g/mol. The molecule has 1 aliphatic rings. The highest BCUT2D eigenvalue weighted by atomic mass is 35.5. The summed E-state index contributed by atoms with van der Waals surface area (Å²) in [6.07, 6.45) is 0. The van der Waals surface area contributed by atoms with E-state index in [0.717, 1.165) is 37.4 Å². The predicted octanol–water partition coefficient (Wildman–Crippen LogP) is 2.02. The fourth-order valence-corrected chi connectivity index (χ4v) is 2.99. The number of furan rings is 1. The zero-order valence-electron chi connectivity index (χ0n) is 11.3. The van der Waals surface area contributed by atoms with Gasteiger partial charge in [-0.25, -0.2) is 4.98 Å². The molecule has 3 aromatic rings. The zero-order chi connectivity index (χ0) is 14.4. The van der Waals surface area contributed by atoms with Crippen molar-refractivity contribution in [1.29, 1.82) is 0 Å². The summed E-state index contributed by atoms with van der Waals surface area (Å²) in [5.74, 6) is 0.977. The molecule has 108 valence electrons. The van der Waals surface area contributed by atoms with Gasteiger partial charge in [0.25, 0.3) is 0 Å². The van der Waals surface area contributed by atoms with Crippen molar-refractivity contribution >= 4 is 45.4 Å². The van der Waals surface area contributed by atoms with E-state index in [4.69, 9.17) is 21.8 Å². The number of piperazine rings is 1. The summed E-state index contributed by atoms with van der Waals surface area (Å²) < 4.78 is 5.95. The van der Waals surface area contributed by atoms with Crippen LogP contribution >= 0.6 is 11.6 Å². The number of nitrogens with two attached hydrogens (primary N) is 1. The minimum atomic E-state index is 0.235.